The van der Waals surface area contributed by atoms with Crippen molar-refractivity contribution in [1.29, 1.82) is 0 Å². The lowest BCUT2D eigenvalue weighted by atomic mass is 9.82. The number of amides is 2. The van der Waals surface area contributed by atoms with Crippen LogP contribution < -0.4 is 10.1 Å². The van der Waals surface area contributed by atoms with Crippen molar-refractivity contribution < 1.29 is 14.3 Å². The van der Waals surface area contributed by atoms with Crippen molar-refractivity contribution in [2.45, 2.75) is 32.6 Å². The van der Waals surface area contributed by atoms with Crippen LogP contribution in [0, 0.1) is 0 Å². The first-order chi connectivity index (χ1) is 12.7. The lowest BCUT2D eigenvalue weighted by molar-refractivity contribution is -0.118. The molecule has 0 heterocycles. The molecule has 0 unspecified atom stereocenters. The van der Waals surface area contributed by atoms with Gasteiger partial charge in [0.2, 0.25) is 0 Å². The highest BCUT2D eigenvalue weighted by Crippen LogP contribution is 2.28. The van der Waals surface area contributed by atoms with Gasteiger partial charge in [-0.25, -0.2) is 0 Å². The molecule has 0 aliphatic heterocycles. The van der Waals surface area contributed by atoms with Crippen molar-refractivity contribution >= 4 is 17.5 Å². The number of nitrogens with one attached hydrogen (secondary N) is 1. The molecular formula is C22H28N2O3. The van der Waals surface area contributed by atoms with Crippen molar-refractivity contribution in [3.05, 3.63) is 59.7 Å². The summed E-state index contributed by atoms with van der Waals surface area (Å²) in [5, 5.41) is 2.75. The Morgan fingerprint density at radius 3 is 2.26 bits per heavy atom. The Morgan fingerprint density at radius 1 is 1.04 bits per heavy atom. The number of anilines is 1. The summed E-state index contributed by atoms with van der Waals surface area (Å²) in [6, 6.07) is 14.7. The lowest BCUT2D eigenvalue weighted by Crippen LogP contribution is -2.25. The van der Waals surface area contributed by atoms with Crippen LogP contribution in [0.15, 0.2) is 48.5 Å². The van der Waals surface area contributed by atoms with Crippen LogP contribution in [0.5, 0.6) is 5.75 Å². The monoisotopic (exact) mass is 368 g/mol. The Bertz CT molecular complexity index is 795. The van der Waals surface area contributed by atoms with Gasteiger partial charge in [0.25, 0.3) is 11.8 Å². The van der Waals surface area contributed by atoms with Crippen molar-refractivity contribution in [3.63, 3.8) is 0 Å². The van der Waals surface area contributed by atoms with Crippen molar-refractivity contribution in [2.24, 2.45) is 0 Å². The van der Waals surface area contributed by atoms with Gasteiger partial charge in [0.15, 0.2) is 6.61 Å². The van der Waals surface area contributed by atoms with Gasteiger partial charge in [-0.3, -0.25) is 9.59 Å². The second-order valence-corrected chi connectivity index (χ2v) is 7.34. The third-order valence-corrected chi connectivity index (χ3v) is 4.73. The third-order valence-electron chi connectivity index (χ3n) is 4.73. The predicted octanol–water partition coefficient (Wildman–Crippen LogP) is 4.09. The number of hydrogen-bond acceptors (Lipinski definition) is 3. The quantitative estimate of drug-likeness (QED) is 0.801. The van der Waals surface area contributed by atoms with E-state index in [1.54, 1.807) is 38.4 Å². The fourth-order valence-corrected chi connectivity index (χ4v) is 2.56. The van der Waals surface area contributed by atoms with Crippen LogP contribution in [-0.2, 0) is 10.2 Å². The standard InChI is InChI=1S/C22H28N2O3/c1-6-22(2,3)16-11-13-17(14-12-16)27-15-20(25)23-19-10-8-7-9-18(19)21(26)24(4)5/h7-14H,6,15H2,1-5H3,(H,23,25). The fraction of sp³-hybridized carbons (Fsp3) is 0.364. The van der Waals surface area contributed by atoms with E-state index >= 15 is 0 Å². The zero-order valence-electron chi connectivity index (χ0n) is 16.7. The maximum atomic E-state index is 12.2. The smallest absolute Gasteiger partial charge is 0.262 e. The van der Waals surface area contributed by atoms with Gasteiger partial charge < -0.3 is 15.0 Å². The molecule has 0 saturated carbocycles. The van der Waals surface area contributed by atoms with Gasteiger partial charge >= 0.3 is 0 Å². The molecule has 27 heavy (non-hydrogen) atoms. The highest BCUT2D eigenvalue weighted by atomic mass is 16.5. The molecule has 0 atom stereocenters. The molecule has 5 nitrogen and oxygen atoms in total. The summed E-state index contributed by atoms with van der Waals surface area (Å²) in [4.78, 5) is 25.9. The molecule has 0 saturated heterocycles. The van der Waals surface area contributed by atoms with Gasteiger partial charge in [-0.05, 0) is 41.7 Å². The summed E-state index contributed by atoms with van der Waals surface area (Å²) in [6.45, 7) is 6.43. The van der Waals surface area contributed by atoms with E-state index in [0.29, 0.717) is 17.0 Å². The minimum absolute atomic E-state index is 0.110. The van der Waals surface area contributed by atoms with E-state index in [9.17, 15) is 9.59 Å². The van der Waals surface area contributed by atoms with Crippen LogP contribution in [-0.4, -0.2) is 37.4 Å². The molecule has 2 aromatic carbocycles. The van der Waals surface area contributed by atoms with Gasteiger partial charge in [-0.2, -0.15) is 0 Å². The van der Waals surface area contributed by atoms with Crippen molar-refractivity contribution in [2.75, 3.05) is 26.0 Å². The number of nitrogens with zero attached hydrogens (tertiary/aromatic N) is 1. The Balaban J connectivity index is 1.99. The summed E-state index contributed by atoms with van der Waals surface area (Å²) < 4.78 is 5.58. The van der Waals surface area contributed by atoms with Crippen LogP contribution in [0.1, 0.15) is 43.1 Å². The molecule has 0 radical (unpaired) electrons. The molecule has 5 heteroatoms. The molecule has 144 valence electrons. The van der Waals surface area contributed by atoms with E-state index in [2.05, 4.69) is 26.1 Å². The highest BCUT2D eigenvalue weighted by molar-refractivity contribution is 6.03. The maximum Gasteiger partial charge on any atom is 0.262 e. The molecule has 0 bridgehead atoms. The third kappa shape index (κ3) is 5.33. The zero-order valence-corrected chi connectivity index (χ0v) is 16.7. The minimum atomic E-state index is -0.313. The Labute approximate surface area is 161 Å². The van der Waals surface area contributed by atoms with Crippen LogP contribution in [0.2, 0.25) is 0 Å². The topological polar surface area (TPSA) is 58.6 Å². The van der Waals surface area contributed by atoms with E-state index in [4.69, 9.17) is 4.74 Å². The first kappa shape index (κ1) is 20.5. The zero-order chi connectivity index (χ0) is 20.0. The van der Waals surface area contributed by atoms with E-state index in [0.717, 1.165) is 6.42 Å². The average Bonchev–Trinajstić information content (AvgIpc) is 2.66. The van der Waals surface area contributed by atoms with Gasteiger partial charge in [-0.15, -0.1) is 0 Å². The van der Waals surface area contributed by atoms with Gasteiger partial charge in [0.05, 0.1) is 11.3 Å². The van der Waals surface area contributed by atoms with Gasteiger partial charge in [0, 0.05) is 14.1 Å². The molecule has 2 amide bonds. The van der Waals surface area contributed by atoms with Crippen LogP contribution in [0.4, 0.5) is 5.69 Å². The Morgan fingerprint density at radius 2 is 1.67 bits per heavy atom. The van der Waals surface area contributed by atoms with Crippen LogP contribution >= 0.6 is 0 Å². The molecule has 0 fully saturated rings. The van der Waals surface area contributed by atoms with Crippen LogP contribution in [0.3, 0.4) is 0 Å². The number of carbonyl (C=O) groups excluding carboxylic acids is 2. The average molecular weight is 368 g/mol. The molecule has 1 N–H and O–H groups in total. The molecule has 2 rings (SSSR count). The second-order valence-electron chi connectivity index (χ2n) is 7.34. The van der Waals surface area contributed by atoms with Crippen molar-refractivity contribution in [1.82, 2.24) is 4.90 Å². The van der Waals surface area contributed by atoms with Gasteiger partial charge in [0.1, 0.15) is 5.75 Å². The number of para-hydroxylation sites is 1. The molecule has 0 aliphatic carbocycles. The van der Waals surface area contributed by atoms with E-state index < -0.39 is 0 Å². The molecular weight excluding hydrogens is 340 g/mol. The maximum absolute atomic E-state index is 12.2. The predicted molar refractivity (Wildman–Crippen MR) is 108 cm³/mol. The summed E-state index contributed by atoms with van der Waals surface area (Å²) in [7, 11) is 3.35. The molecule has 0 aliphatic rings. The first-order valence-electron chi connectivity index (χ1n) is 9.08. The molecule has 2 aromatic rings. The number of benzene rings is 2. The SMILES string of the molecule is CCC(C)(C)c1ccc(OCC(=O)Nc2ccccc2C(=O)N(C)C)cc1. The number of hydrogen-bond donors (Lipinski definition) is 1. The van der Waals surface area contributed by atoms with E-state index in [-0.39, 0.29) is 23.8 Å². The largest absolute Gasteiger partial charge is 0.484 e. The van der Waals surface area contributed by atoms with Crippen molar-refractivity contribution in [3.8, 4) is 5.75 Å². The number of carbonyl (C=O) groups is 2. The number of ether oxygens (including phenoxy) is 1. The normalized spacial score (nSPS) is 11.0. The Hall–Kier alpha value is -2.82. The molecule has 0 aromatic heterocycles. The summed E-state index contributed by atoms with van der Waals surface area (Å²) in [6.07, 6.45) is 1.04. The Kier molecular flexibility index (Phi) is 6.61. The number of rotatable bonds is 7. The minimum Gasteiger partial charge on any atom is -0.484 e. The van der Waals surface area contributed by atoms with Crippen LogP contribution in [0.25, 0.3) is 0 Å². The summed E-state index contributed by atoms with van der Waals surface area (Å²) in [5.41, 5.74) is 2.27. The highest BCUT2D eigenvalue weighted by Gasteiger charge is 2.18. The van der Waals surface area contributed by atoms with E-state index in [1.807, 2.05) is 24.3 Å². The second kappa shape index (κ2) is 8.71. The summed E-state index contributed by atoms with van der Waals surface area (Å²) in [5.74, 6) is 0.159. The first-order valence-corrected chi connectivity index (χ1v) is 9.08. The summed E-state index contributed by atoms with van der Waals surface area (Å²) >= 11 is 0. The van der Waals surface area contributed by atoms with Gasteiger partial charge in [-0.1, -0.05) is 45.0 Å². The van der Waals surface area contributed by atoms with E-state index in [1.165, 1.54) is 10.5 Å². The lowest BCUT2D eigenvalue weighted by Gasteiger charge is -2.23. The fourth-order valence-electron chi connectivity index (χ4n) is 2.56. The molecule has 0 spiro atoms.